The molecule has 1 heterocycles. The lowest BCUT2D eigenvalue weighted by Crippen LogP contribution is -2.26. The monoisotopic (exact) mass is 539 g/mol. The van der Waals surface area contributed by atoms with Crippen molar-refractivity contribution >= 4 is 43.2 Å². The second-order valence-electron chi connectivity index (χ2n) is 8.02. The number of aromatic nitrogens is 1. The molecule has 194 valence electrons. The maximum atomic E-state index is 13.1. The lowest BCUT2D eigenvalue weighted by atomic mass is 10.2. The van der Waals surface area contributed by atoms with E-state index in [9.17, 15) is 13.2 Å². The molecule has 0 spiro atoms. The van der Waals surface area contributed by atoms with E-state index >= 15 is 0 Å². The van der Waals surface area contributed by atoms with Gasteiger partial charge in [-0.25, -0.2) is 8.42 Å². The first-order valence-electron chi connectivity index (χ1n) is 11.9. The predicted molar refractivity (Wildman–Crippen MR) is 146 cm³/mol. The molecule has 0 unspecified atom stereocenters. The summed E-state index contributed by atoms with van der Waals surface area (Å²) in [5.74, 6) is 0.258. The quantitative estimate of drug-likeness (QED) is 0.273. The third-order valence-corrected chi connectivity index (χ3v) is 8.55. The minimum Gasteiger partial charge on any atom is -0.492 e. The molecule has 0 N–H and O–H groups in total. The highest BCUT2D eigenvalue weighted by molar-refractivity contribution is 7.92. The molecular weight excluding hydrogens is 510 g/mol. The Morgan fingerprint density at radius 1 is 0.973 bits per heavy atom. The minimum atomic E-state index is -3.78. The molecule has 0 saturated heterocycles. The van der Waals surface area contributed by atoms with E-state index in [0.29, 0.717) is 42.4 Å². The van der Waals surface area contributed by atoms with Crippen LogP contribution in [0.3, 0.4) is 0 Å². The van der Waals surface area contributed by atoms with Crippen LogP contribution in [-0.2, 0) is 21.3 Å². The van der Waals surface area contributed by atoms with Crippen LogP contribution in [0.5, 0.6) is 5.75 Å². The van der Waals surface area contributed by atoms with Gasteiger partial charge in [-0.05, 0) is 62.4 Å². The highest BCUT2D eigenvalue weighted by atomic mass is 32.2. The van der Waals surface area contributed by atoms with Crippen molar-refractivity contribution in [3.05, 3.63) is 83.2 Å². The van der Waals surface area contributed by atoms with Crippen LogP contribution in [-0.4, -0.2) is 45.8 Å². The van der Waals surface area contributed by atoms with Crippen LogP contribution in [0.2, 0.25) is 0 Å². The number of ether oxygens (including phenoxy) is 2. The molecule has 0 aliphatic rings. The Hall–Kier alpha value is -3.47. The van der Waals surface area contributed by atoms with Gasteiger partial charge in [0, 0.05) is 25.8 Å². The molecule has 0 radical (unpaired) electrons. The standard InChI is InChI=1S/C27H29N3O5S2/c1-4-34-19-18-30-25-23(35-5-2)12-9-13-24(25)36-27(30)28-26(31)20-14-16-22(17-15-20)37(32,33)29(3)21-10-7-6-8-11-21/h6-17H,4-5,18-19H2,1-3H3. The van der Waals surface area contributed by atoms with Crippen molar-refractivity contribution in [1.82, 2.24) is 4.57 Å². The Labute approximate surface area is 220 Å². The lowest BCUT2D eigenvalue weighted by molar-refractivity contribution is 0.0996. The largest absolute Gasteiger partial charge is 0.492 e. The molecule has 10 heteroatoms. The van der Waals surface area contributed by atoms with Crippen LogP contribution in [0.4, 0.5) is 5.69 Å². The van der Waals surface area contributed by atoms with Crippen LogP contribution in [0, 0.1) is 0 Å². The Kier molecular flexibility index (Phi) is 8.42. The van der Waals surface area contributed by atoms with Gasteiger partial charge in [-0.2, -0.15) is 4.99 Å². The molecule has 0 atom stereocenters. The highest BCUT2D eigenvalue weighted by Crippen LogP contribution is 2.28. The maximum Gasteiger partial charge on any atom is 0.279 e. The number of anilines is 1. The molecule has 0 aliphatic carbocycles. The zero-order valence-corrected chi connectivity index (χ0v) is 22.6. The molecule has 3 aromatic carbocycles. The Morgan fingerprint density at radius 3 is 2.38 bits per heavy atom. The van der Waals surface area contributed by atoms with E-state index in [1.165, 1.54) is 47.0 Å². The van der Waals surface area contributed by atoms with Gasteiger partial charge in [-0.15, -0.1) is 0 Å². The third kappa shape index (κ3) is 5.76. The first-order valence-corrected chi connectivity index (χ1v) is 14.2. The third-order valence-electron chi connectivity index (χ3n) is 5.70. The summed E-state index contributed by atoms with van der Waals surface area (Å²) in [7, 11) is -2.28. The van der Waals surface area contributed by atoms with Gasteiger partial charge in [-0.1, -0.05) is 35.6 Å². The molecule has 1 amide bonds. The second kappa shape index (κ2) is 11.7. The van der Waals surface area contributed by atoms with Crippen LogP contribution >= 0.6 is 11.3 Å². The van der Waals surface area contributed by atoms with Crippen LogP contribution < -0.4 is 13.8 Å². The normalized spacial score (nSPS) is 12.1. The molecular formula is C27H29N3O5S2. The SMILES string of the molecule is CCOCCn1c(=NC(=O)c2ccc(S(=O)(=O)N(C)c3ccccc3)cc2)sc2cccc(OCC)c21. The summed E-state index contributed by atoms with van der Waals surface area (Å²) in [4.78, 5) is 18.1. The van der Waals surface area contributed by atoms with E-state index in [1.54, 1.807) is 24.3 Å². The number of benzene rings is 3. The Balaban J connectivity index is 1.67. The summed E-state index contributed by atoms with van der Waals surface area (Å²) in [6.07, 6.45) is 0. The topological polar surface area (TPSA) is 90.2 Å². The fraction of sp³-hybridized carbons (Fsp3) is 0.259. The van der Waals surface area contributed by atoms with Crippen LogP contribution in [0.25, 0.3) is 10.2 Å². The van der Waals surface area contributed by atoms with Crippen LogP contribution in [0.15, 0.2) is 82.7 Å². The number of para-hydroxylation sites is 2. The van der Waals surface area contributed by atoms with Gasteiger partial charge in [0.15, 0.2) is 4.80 Å². The maximum absolute atomic E-state index is 13.1. The molecule has 0 fully saturated rings. The summed E-state index contributed by atoms with van der Waals surface area (Å²) >= 11 is 1.39. The first kappa shape index (κ1) is 26.6. The smallest absolute Gasteiger partial charge is 0.279 e. The summed E-state index contributed by atoms with van der Waals surface area (Å²) in [5.41, 5.74) is 1.71. The molecule has 0 aliphatic heterocycles. The summed E-state index contributed by atoms with van der Waals surface area (Å²) in [6, 6.07) is 20.4. The first-order chi connectivity index (χ1) is 17.9. The van der Waals surface area contributed by atoms with Crippen molar-refractivity contribution in [2.24, 2.45) is 4.99 Å². The average molecular weight is 540 g/mol. The number of hydrogen-bond acceptors (Lipinski definition) is 6. The van der Waals surface area contributed by atoms with E-state index in [0.717, 1.165) is 16.0 Å². The summed E-state index contributed by atoms with van der Waals surface area (Å²) < 4.78 is 41.6. The fourth-order valence-electron chi connectivity index (χ4n) is 3.82. The number of fused-ring (bicyclic) bond motifs is 1. The predicted octanol–water partition coefficient (Wildman–Crippen LogP) is 4.70. The molecule has 37 heavy (non-hydrogen) atoms. The van der Waals surface area contributed by atoms with E-state index < -0.39 is 15.9 Å². The van der Waals surface area contributed by atoms with Crippen molar-refractivity contribution in [2.45, 2.75) is 25.3 Å². The number of hydrogen-bond donors (Lipinski definition) is 0. The molecule has 0 bridgehead atoms. The number of thiazole rings is 1. The van der Waals surface area contributed by atoms with Gasteiger partial charge in [-0.3, -0.25) is 9.10 Å². The van der Waals surface area contributed by atoms with Gasteiger partial charge in [0.2, 0.25) is 0 Å². The van der Waals surface area contributed by atoms with Gasteiger partial charge in [0.25, 0.3) is 15.9 Å². The molecule has 4 rings (SSSR count). The zero-order valence-electron chi connectivity index (χ0n) is 21.0. The minimum absolute atomic E-state index is 0.0883. The lowest BCUT2D eigenvalue weighted by Gasteiger charge is -2.19. The summed E-state index contributed by atoms with van der Waals surface area (Å²) in [5, 5.41) is 0. The van der Waals surface area contributed by atoms with Crippen molar-refractivity contribution < 1.29 is 22.7 Å². The van der Waals surface area contributed by atoms with Gasteiger partial charge < -0.3 is 14.0 Å². The molecule has 0 saturated carbocycles. The van der Waals surface area contributed by atoms with E-state index in [2.05, 4.69) is 4.99 Å². The van der Waals surface area contributed by atoms with Gasteiger partial charge in [0.1, 0.15) is 11.3 Å². The van der Waals surface area contributed by atoms with Crippen molar-refractivity contribution in [3.63, 3.8) is 0 Å². The van der Waals surface area contributed by atoms with E-state index in [-0.39, 0.29) is 4.90 Å². The van der Waals surface area contributed by atoms with Gasteiger partial charge in [0.05, 0.1) is 28.5 Å². The summed E-state index contributed by atoms with van der Waals surface area (Å²) in [6.45, 7) is 5.92. The number of rotatable bonds is 10. The average Bonchev–Trinajstić information content (AvgIpc) is 3.26. The molecule has 8 nitrogen and oxygen atoms in total. The van der Waals surface area contributed by atoms with Crippen molar-refractivity contribution in [2.75, 3.05) is 31.2 Å². The zero-order chi connectivity index (χ0) is 26.4. The highest BCUT2D eigenvalue weighted by Gasteiger charge is 2.21. The number of carbonyl (C=O) groups excluding carboxylic acids is 1. The Morgan fingerprint density at radius 2 is 1.70 bits per heavy atom. The molecule has 4 aromatic rings. The number of carbonyl (C=O) groups is 1. The fourth-order valence-corrected chi connectivity index (χ4v) is 6.09. The van der Waals surface area contributed by atoms with E-state index in [1.807, 2.05) is 42.7 Å². The van der Waals surface area contributed by atoms with Crippen LogP contribution in [0.1, 0.15) is 24.2 Å². The van der Waals surface area contributed by atoms with Crippen molar-refractivity contribution in [1.29, 1.82) is 0 Å². The van der Waals surface area contributed by atoms with E-state index in [4.69, 9.17) is 9.47 Å². The number of nitrogens with zero attached hydrogens (tertiary/aromatic N) is 3. The number of amides is 1. The molecule has 1 aromatic heterocycles. The second-order valence-corrected chi connectivity index (χ2v) is 11.0. The number of sulfonamides is 1. The Bertz CT molecular complexity index is 1540. The van der Waals surface area contributed by atoms with Crippen molar-refractivity contribution in [3.8, 4) is 5.75 Å². The van der Waals surface area contributed by atoms with Gasteiger partial charge >= 0.3 is 0 Å².